The Morgan fingerprint density at radius 2 is 0.839 bits per heavy atom. The molecule has 1 amide bonds. The predicted molar refractivity (Wildman–Crippen MR) is 67.5 cm³/mol. The first kappa shape index (κ1) is 29.6. The minimum Gasteiger partial charge on any atom is -0.350 e. The van der Waals surface area contributed by atoms with Crippen LogP contribution in [-0.2, 0) is 4.79 Å². The largest absolute Gasteiger partial charge is 0.460 e. The fraction of sp³-hybridized carbons (Fsp3) is 0.909. The van der Waals surface area contributed by atoms with Gasteiger partial charge in [-0.3, -0.25) is 4.79 Å². The van der Waals surface area contributed by atoms with Crippen molar-refractivity contribution in [2.75, 3.05) is 12.3 Å². The molecule has 0 heterocycles. The van der Waals surface area contributed by atoms with E-state index >= 15 is 0 Å². The second-order valence-corrected chi connectivity index (χ2v) is 5.95. The molecule has 0 saturated carbocycles. The Kier molecular flexibility index (Phi) is 7.54. The fourth-order valence-electron chi connectivity index (χ4n) is 1.59. The summed E-state index contributed by atoms with van der Waals surface area (Å²) in [6.45, 7) is -1.14. The summed E-state index contributed by atoms with van der Waals surface area (Å²) in [5, 5.41) is 0.687. The molecule has 0 spiro atoms. The van der Waals surface area contributed by atoms with Gasteiger partial charge in [0.05, 0.1) is 0 Å². The van der Waals surface area contributed by atoms with E-state index in [1.807, 2.05) is 0 Å². The fourth-order valence-corrected chi connectivity index (χ4v) is 1.70. The van der Waals surface area contributed by atoms with Gasteiger partial charge in [-0.15, -0.1) is 0 Å². The molecule has 0 aromatic heterocycles. The number of hydrogen-bond acceptors (Lipinski definition) is 2. The van der Waals surface area contributed by atoms with E-state index < -0.39 is 65.8 Å². The third-order valence-corrected chi connectivity index (χ3v) is 3.63. The van der Waals surface area contributed by atoms with Crippen molar-refractivity contribution in [3.05, 3.63) is 0 Å². The predicted octanol–water partition coefficient (Wildman–Crippen LogP) is 5.04. The third kappa shape index (κ3) is 3.96. The Bertz CT molecular complexity index is 669. The van der Waals surface area contributed by atoms with Gasteiger partial charge in [0.1, 0.15) is 0 Å². The normalized spacial score (nSPS) is 15.8. The highest BCUT2D eigenvalue weighted by molar-refractivity contribution is 7.80. The van der Waals surface area contributed by atoms with Gasteiger partial charge in [0.15, 0.2) is 0 Å². The van der Waals surface area contributed by atoms with Crippen LogP contribution in [0, 0.1) is 0 Å². The van der Waals surface area contributed by atoms with Crippen LogP contribution in [0.5, 0.6) is 0 Å². The van der Waals surface area contributed by atoms with Crippen LogP contribution >= 0.6 is 12.6 Å². The molecular formula is C11H6F17NOS. The van der Waals surface area contributed by atoms with Gasteiger partial charge in [-0.25, -0.2) is 0 Å². The van der Waals surface area contributed by atoms with E-state index in [0.29, 0.717) is 5.32 Å². The second-order valence-electron chi connectivity index (χ2n) is 5.50. The Morgan fingerprint density at radius 3 is 1.13 bits per heavy atom. The number of carbonyl (C=O) groups is 1. The monoisotopic (exact) mass is 523 g/mol. The summed E-state index contributed by atoms with van der Waals surface area (Å²) >= 11 is 3.23. The van der Waals surface area contributed by atoms with Gasteiger partial charge in [-0.2, -0.15) is 87.3 Å². The van der Waals surface area contributed by atoms with Crippen LogP contribution in [0.4, 0.5) is 74.6 Å². The lowest BCUT2D eigenvalue weighted by Gasteiger charge is -2.42. The van der Waals surface area contributed by atoms with Gasteiger partial charge in [0.2, 0.25) is 0 Å². The highest BCUT2D eigenvalue weighted by atomic mass is 32.1. The van der Waals surface area contributed by atoms with Crippen LogP contribution in [0.2, 0.25) is 0 Å². The molecular weight excluding hydrogens is 517 g/mol. The zero-order valence-corrected chi connectivity index (χ0v) is 14.6. The van der Waals surface area contributed by atoms with E-state index in [9.17, 15) is 79.4 Å². The molecule has 2 nitrogen and oxygen atoms in total. The first-order valence-corrected chi connectivity index (χ1v) is 7.47. The highest BCUT2D eigenvalue weighted by Gasteiger charge is 2.95. The van der Waals surface area contributed by atoms with Gasteiger partial charge in [-0.05, 0) is 0 Å². The molecule has 0 saturated heterocycles. The molecule has 0 aliphatic rings. The summed E-state index contributed by atoms with van der Waals surface area (Å²) < 4.78 is 220. The number of hydrogen-bond donors (Lipinski definition) is 2. The topological polar surface area (TPSA) is 29.1 Å². The first-order chi connectivity index (χ1) is 13.2. The molecule has 0 fully saturated rings. The Balaban J connectivity index is 6.66. The van der Waals surface area contributed by atoms with E-state index in [1.165, 1.54) is 0 Å². The molecule has 0 radical (unpaired) electrons. The molecule has 0 bridgehead atoms. The Morgan fingerprint density at radius 1 is 0.548 bits per heavy atom. The molecule has 0 aromatic rings. The smallest absolute Gasteiger partial charge is 0.350 e. The zero-order valence-electron chi connectivity index (χ0n) is 13.7. The van der Waals surface area contributed by atoms with Crippen molar-refractivity contribution < 1.29 is 79.4 Å². The average Bonchev–Trinajstić information content (AvgIpc) is 2.57. The van der Waals surface area contributed by atoms with Gasteiger partial charge >= 0.3 is 47.6 Å². The number of amides is 1. The van der Waals surface area contributed by atoms with Crippen molar-refractivity contribution in [2.24, 2.45) is 0 Å². The van der Waals surface area contributed by atoms with Crippen molar-refractivity contribution in [2.45, 2.75) is 47.6 Å². The molecule has 0 rings (SSSR count). The minimum atomic E-state index is -8.72. The lowest BCUT2D eigenvalue weighted by molar-refractivity contribution is -0.459. The SMILES string of the molecule is O=C(NCCS)C(F)(F)C(F)(F)C(F)(F)C(F)(F)C(F)(F)C(F)(F)C(F)(F)C(F)(F)F. The average molecular weight is 523 g/mol. The summed E-state index contributed by atoms with van der Waals surface area (Å²) in [6, 6.07) is 0. The van der Waals surface area contributed by atoms with Gasteiger partial charge in [0, 0.05) is 12.3 Å². The first-order valence-electron chi connectivity index (χ1n) is 6.84. The van der Waals surface area contributed by atoms with Gasteiger partial charge in [-0.1, -0.05) is 0 Å². The molecule has 0 aliphatic carbocycles. The van der Waals surface area contributed by atoms with E-state index in [-0.39, 0.29) is 0 Å². The maximum Gasteiger partial charge on any atom is 0.460 e. The minimum absolute atomic E-state index is 0.670. The van der Waals surface area contributed by atoms with E-state index in [4.69, 9.17) is 0 Å². The van der Waals surface area contributed by atoms with Crippen LogP contribution in [0.3, 0.4) is 0 Å². The van der Waals surface area contributed by atoms with Crippen molar-refractivity contribution in [3.8, 4) is 0 Å². The number of nitrogens with one attached hydrogen (secondary N) is 1. The molecule has 0 unspecified atom stereocenters. The maximum absolute atomic E-state index is 13.4. The standard InChI is InChI=1S/C11H6F17NOS/c12-4(13,3(30)29-1-2-31)5(14,15)6(16,17)7(18,19)8(20,21)9(22,23)10(24,25)11(26,27)28/h31H,1-2H2,(H,29,30). The molecule has 0 aliphatic heterocycles. The number of thiol groups is 1. The highest BCUT2D eigenvalue weighted by Crippen LogP contribution is 2.63. The molecule has 0 atom stereocenters. The lowest BCUT2D eigenvalue weighted by Crippen LogP contribution is -2.75. The zero-order chi connectivity index (χ0) is 25.7. The number of halogens is 17. The van der Waals surface area contributed by atoms with E-state index in [2.05, 4.69) is 12.6 Å². The molecule has 20 heteroatoms. The molecule has 1 N–H and O–H groups in total. The van der Waals surface area contributed by atoms with Crippen molar-refractivity contribution >= 4 is 18.5 Å². The summed E-state index contributed by atoms with van der Waals surface area (Å²) in [6.07, 6.45) is -7.81. The summed E-state index contributed by atoms with van der Waals surface area (Å²) in [7, 11) is 0. The van der Waals surface area contributed by atoms with Gasteiger partial charge < -0.3 is 5.32 Å². The third-order valence-electron chi connectivity index (χ3n) is 3.40. The van der Waals surface area contributed by atoms with Crippen LogP contribution in [0.15, 0.2) is 0 Å². The van der Waals surface area contributed by atoms with Crippen LogP contribution < -0.4 is 5.32 Å². The number of carbonyl (C=O) groups excluding carboxylic acids is 1. The molecule has 186 valence electrons. The van der Waals surface area contributed by atoms with E-state index in [0.717, 1.165) is 0 Å². The van der Waals surface area contributed by atoms with Crippen LogP contribution in [0.1, 0.15) is 0 Å². The quantitative estimate of drug-likeness (QED) is 0.322. The van der Waals surface area contributed by atoms with Crippen LogP contribution in [0.25, 0.3) is 0 Å². The van der Waals surface area contributed by atoms with Crippen molar-refractivity contribution in [1.29, 1.82) is 0 Å². The van der Waals surface area contributed by atoms with Crippen LogP contribution in [-0.4, -0.2) is 65.8 Å². The number of alkyl halides is 17. The van der Waals surface area contributed by atoms with Gasteiger partial charge in [0.25, 0.3) is 5.91 Å². The summed E-state index contributed by atoms with van der Waals surface area (Å²) in [4.78, 5) is 10.8. The number of rotatable bonds is 9. The summed E-state index contributed by atoms with van der Waals surface area (Å²) in [5.41, 5.74) is 0. The summed E-state index contributed by atoms with van der Waals surface area (Å²) in [5.74, 6) is -62.0. The second kappa shape index (κ2) is 7.89. The lowest BCUT2D eigenvalue weighted by atomic mass is 9.89. The molecule has 31 heavy (non-hydrogen) atoms. The Labute approximate surface area is 164 Å². The molecule has 0 aromatic carbocycles. The maximum atomic E-state index is 13.4. The Hall–Kier alpha value is -1.37. The van der Waals surface area contributed by atoms with Crippen molar-refractivity contribution in [1.82, 2.24) is 5.32 Å². The van der Waals surface area contributed by atoms with E-state index in [1.54, 1.807) is 0 Å². The van der Waals surface area contributed by atoms with Crippen molar-refractivity contribution in [3.63, 3.8) is 0 Å².